The lowest BCUT2D eigenvalue weighted by Crippen LogP contribution is -2.35. The van der Waals surface area contributed by atoms with Gasteiger partial charge < -0.3 is 15.2 Å². The smallest absolute Gasteiger partial charge is 0.273 e. The van der Waals surface area contributed by atoms with Crippen LogP contribution in [-0.2, 0) is 0 Å². The van der Waals surface area contributed by atoms with Crippen LogP contribution in [-0.4, -0.2) is 24.2 Å². The molecule has 0 saturated carbocycles. The van der Waals surface area contributed by atoms with Crippen molar-refractivity contribution in [3.05, 3.63) is 28.3 Å². The molecule has 1 heterocycles. The summed E-state index contributed by atoms with van der Waals surface area (Å²) in [4.78, 5) is 10.0. The Kier molecular flexibility index (Phi) is 2.42. The van der Waals surface area contributed by atoms with Crippen molar-refractivity contribution in [1.82, 2.24) is 0 Å². The van der Waals surface area contributed by atoms with Crippen LogP contribution < -0.4 is 15.2 Å². The molecule has 0 bridgehead atoms. The zero-order valence-electron chi connectivity index (χ0n) is 7.88. The van der Waals surface area contributed by atoms with E-state index in [1.54, 1.807) is 0 Å². The summed E-state index contributed by atoms with van der Waals surface area (Å²) in [7, 11) is 0. The second-order valence-corrected chi connectivity index (χ2v) is 3.17. The standard InChI is InChI=1S/C9H10N2O4/c10-4-7-5-14-9-3-6(11(12)13)1-2-8(9)15-7/h1-3,7H,4-5,10H2. The lowest BCUT2D eigenvalue weighted by molar-refractivity contribution is -0.385. The van der Waals surface area contributed by atoms with E-state index < -0.39 is 4.92 Å². The minimum atomic E-state index is -0.474. The van der Waals surface area contributed by atoms with E-state index in [1.165, 1.54) is 18.2 Å². The number of nitro benzene ring substituents is 1. The Morgan fingerprint density at radius 1 is 1.53 bits per heavy atom. The van der Waals surface area contributed by atoms with Crippen molar-refractivity contribution < 1.29 is 14.4 Å². The van der Waals surface area contributed by atoms with Crippen molar-refractivity contribution >= 4 is 5.69 Å². The van der Waals surface area contributed by atoms with Gasteiger partial charge in [0, 0.05) is 12.6 Å². The van der Waals surface area contributed by atoms with E-state index in [4.69, 9.17) is 15.2 Å². The summed E-state index contributed by atoms with van der Waals surface area (Å²) in [5, 5.41) is 10.5. The molecule has 1 aliphatic heterocycles. The highest BCUT2D eigenvalue weighted by atomic mass is 16.6. The molecular formula is C9H10N2O4. The van der Waals surface area contributed by atoms with E-state index in [-0.39, 0.29) is 11.8 Å². The van der Waals surface area contributed by atoms with Gasteiger partial charge in [-0.1, -0.05) is 0 Å². The van der Waals surface area contributed by atoms with Crippen LogP contribution in [0.25, 0.3) is 0 Å². The van der Waals surface area contributed by atoms with E-state index in [0.29, 0.717) is 24.7 Å². The molecule has 0 aromatic heterocycles. The summed E-state index contributed by atoms with van der Waals surface area (Å²) in [6, 6.07) is 4.25. The summed E-state index contributed by atoms with van der Waals surface area (Å²) >= 11 is 0. The molecule has 1 aliphatic rings. The predicted molar refractivity (Wildman–Crippen MR) is 52.1 cm³/mol. The molecule has 0 radical (unpaired) electrons. The van der Waals surface area contributed by atoms with Gasteiger partial charge in [0.25, 0.3) is 5.69 Å². The summed E-state index contributed by atoms with van der Waals surface area (Å²) < 4.78 is 10.8. The van der Waals surface area contributed by atoms with E-state index in [1.807, 2.05) is 0 Å². The highest BCUT2D eigenvalue weighted by molar-refractivity contribution is 5.49. The van der Waals surface area contributed by atoms with E-state index in [0.717, 1.165) is 0 Å². The van der Waals surface area contributed by atoms with Gasteiger partial charge in [0.15, 0.2) is 11.5 Å². The summed E-state index contributed by atoms with van der Waals surface area (Å²) in [6.45, 7) is 0.682. The largest absolute Gasteiger partial charge is 0.486 e. The van der Waals surface area contributed by atoms with Gasteiger partial charge in [0.1, 0.15) is 12.7 Å². The van der Waals surface area contributed by atoms with Crippen molar-refractivity contribution in [2.45, 2.75) is 6.10 Å². The van der Waals surface area contributed by atoms with Gasteiger partial charge >= 0.3 is 0 Å². The third-order valence-corrected chi connectivity index (χ3v) is 2.12. The first-order valence-electron chi connectivity index (χ1n) is 4.48. The fourth-order valence-electron chi connectivity index (χ4n) is 1.33. The number of benzene rings is 1. The first-order valence-corrected chi connectivity index (χ1v) is 4.48. The lowest BCUT2D eigenvalue weighted by Gasteiger charge is -2.25. The fourth-order valence-corrected chi connectivity index (χ4v) is 1.33. The monoisotopic (exact) mass is 210 g/mol. The Bertz CT molecular complexity index is 394. The molecule has 15 heavy (non-hydrogen) atoms. The quantitative estimate of drug-likeness (QED) is 0.573. The zero-order chi connectivity index (χ0) is 10.8. The molecule has 6 heteroatoms. The zero-order valence-corrected chi connectivity index (χ0v) is 7.88. The highest BCUT2D eigenvalue weighted by Gasteiger charge is 2.21. The maximum Gasteiger partial charge on any atom is 0.273 e. The fraction of sp³-hybridized carbons (Fsp3) is 0.333. The van der Waals surface area contributed by atoms with E-state index in [9.17, 15) is 10.1 Å². The van der Waals surface area contributed by atoms with Crippen LogP contribution in [0.3, 0.4) is 0 Å². The molecule has 2 N–H and O–H groups in total. The number of nitro groups is 1. The number of nitrogens with zero attached hydrogens (tertiary/aromatic N) is 1. The number of nitrogens with two attached hydrogens (primary N) is 1. The van der Waals surface area contributed by atoms with Crippen molar-refractivity contribution in [2.75, 3.05) is 13.2 Å². The number of hydrogen-bond acceptors (Lipinski definition) is 5. The third-order valence-electron chi connectivity index (χ3n) is 2.12. The molecule has 1 unspecified atom stereocenters. The van der Waals surface area contributed by atoms with Crippen molar-refractivity contribution in [3.63, 3.8) is 0 Å². The Morgan fingerprint density at radius 3 is 3.00 bits per heavy atom. The SMILES string of the molecule is NCC1COc2cc([N+](=O)[O-])ccc2O1. The molecule has 0 aliphatic carbocycles. The van der Waals surface area contributed by atoms with Gasteiger partial charge in [0.2, 0.25) is 0 Å². The Balaban J connectivity index is 2.28. The number of ether oxygens (including phenoxy) is 2. The van der Waals surface area contributed by atoms with Crippen molar-refractivity contribution in [3.8, 4) is 11.5 Å². The first kappa shape index (κ1) is 9.72. The van der Waals surface area contributed by atoms with E-state index in [2.05, 4.69) is 0 Å². The minimum absolute atomic E-state index is 0.0106. The predicted octanol–water partition coefficient (Wildman–Crippen LogP) is 0.693. The number of hydrogen-bond donors (Lipinski definition) is 1. The van der Waals surface area contributed by atoms with Crippen LogP contribution in [0.15, 0.2) is 18.2 Å². The molecule has 2 rings (SSSR count). The number of non-ortho nitro benzene ring substituents is 1. The Hall–Kier alpha value is -1.82. The van der Waals surface area contributed by atoms with E-state index >= 15 is 0 Å². The van der Waals surface area contributed by atoms with Crippen LogP contribution in [0.1, 0.15) is 0 Å². The van der Waals surface area contributed by atoms with Gasteiger partial charge in [-0.2, -0.15) is 0 Å². The molecule has 0 amide bonds. The molecule has 0 saturated heterocycles. The maximum absolute atomic E-state index is 10.5. The molecule has 6 nitrogen and oxygen atoms in total. The molecule has 1 aromatic carbocycles. The third kappa shape index (κ3) is 1.84. The van der Waals surface area contributed by atoms with Crippen LogP contribution in [0.2, 0.25) is 0 Å². The van der Waals surface area contributed by atoms with Crippen LogP contribution in [0, 0.1) is 10.1 Å². The molecule has 0 fully saturated rings. The van der Waals surface area contributed by atoms with Gasteiger partial charge in [-0.05, 0) is 6.07 Å². The minimum Gasteiger partial charge on any atom is -0.486 e. The summed E-state index contributed by atoms with van der Waals surface area (Å²) in [5.41, 5.74) is 5.41. The van der Waals surface area contributed by atoms with Gasteiger partial charge in [-0.25, -0.2) is 0 Å². The Labute approximate surface area is 85.7 Å². The first-order chi connectivity index (χ1) is 7.20. The van der Waals surface area contributed by atoms with Gasteiger partial charge in [0.05, 0.1) is 11.0 Å². The van der Waals surface area contributed by atoms with Gasteiger partial charge in [-0.3, -0.25) is 10.1 Å². The second-order valence-electron chi connectivity index (χ2n) is 3.17. The second kappa shape index (κ2) is 3.74. The van der Waals surface area contributed by atoms with Crippen molar-refractivity contribution in [2.24, 2.45) is 5.73 Å². The molecule has 1 aromatic rings. The van der Waals surface area contributed by atoms with Crippen LogP contribution in [0.4, 0.5) is 5.69 Å². The molecule has 0 spiro atoms. The molecule has 80 valence electrons. The summed E-state index contributed by atoms with van der Waals surface area (Å²) in [6.07, 6.45) is -0.182. The summed E-state index contributed by atoms with van der Waals surface area (Å²) in [5.74, 6) is 0.899. The van der Waals surface area contributed by atoms with Crippen molar-refractivity contribution in [1.29, 1.82) is 0 Å². The number of rotatable bonds is 2. The molecular weight excluding hydrogens is 200 g/mol. The maximum atomic E-state index is 10.5. The average molecular weight is 210 g/mol. The highest BCUT2D eigenvalue weighted by Crippen LogP contribution is 2.34. The normalized spacial score (nSPS) is 18.6. The average Bonchev–Trinajstić information content (AvgIpc) is 2.27. The molecule has 1 atom stereocenters. The Morgan fingerprint density at radius 2 is 2.33 bits per heavy atom. The topological polar surface area (TPSA) is 87.6 Å². The number of fused-ring (bicyclic) bond motifs is 1. The van der Waals surface area contributed by atoms with Crippen LogP contribution in [0.5, 0.6) is 11.5 Å². The van der Waals surface area contributed by atoms with Crippen LogP contribution >= 0.6 is 0 Å². The van der Waals surface area contributed by atoms with Gasteiger partial charge in [-0.15, -0.1) is 0 Å². The lowest BCUT2D eigenvalue weighted by atomic mass is 10.2.